The molecule has 6 heteroatoms. The molecule has 0 amide bonds. The highest BCUT2D eigenvalue weighted by atomic mass is 32.2. The van der Waals surface area contributed by atoms with Crippen LogP contribution in [0.25, 0.3) is 127 Å². The molecular formula is C92H69BN4S. The summed E-state index contributed by atoms with van der Waals surface area (Å²) >= 11 is 1.93. The molecule has 0 unspecified atom stereocenters. The highest BCUT2D eigenvalue weighted by molar-refractivity contribution is 8.00. The van der Waals surface area contributed by atoms with Crippen molar-refractivity contribution < 1.29 is 0 Å². The van der Waals surface area contributed by atoms with Crippen molar-refractivity contribution in [3.63, 3.8) is 0 Å². The first kappa shape index (κ1) is 58.1. The average molecular weight is 1270 g/mol. The van der Waals surface area contributed by atoms with Crippen LogP contribution in [0.3, 0.4) is 0 Å². The minimum absolute atomic E-state index is 0.0605. The van der Waals surface area contributed by atoms with Gasteiger partial charge in [0.25, 0.3) is 0 Å². The lowest BCUT2D eigenvalue weighted by Crippen LogP contribution is -2.60. The molecule has 0 atom stereocenters. The van der Waals surface area contributed by atoms with Crippen molar-refractivity contribution in [1.29, 1.82) is 0 Å². The van der Waals surface area contributed by atoms with Crippen molar-refractivity contribution in [2.45, 2.75) is 62.2 Å². The van der Waals surface area contributed by atoms with Crippen molar-refractivity contribution in [2.75, 3.05) is 4.90 Å². The van der Waals surface area contributed by atoms with Gasteiger partial charge in [-0.05, 0) is 140 Å². The fourth-order valence-electron chi connectivity index (χ4n) is 16.3. The van der Waals surface area contributed by atoms with E-state index in [1.165, 1.54) is 97.3 Å². The lowest BCUT2D eigenvalue weighted by Gasteiger charge is -2.42. The molecule has 17 aromatic rings. The predicted octanol–water partition coefficient (Wildman–Crippen LogP) is 23.0. The molecule has 0 spiro atoms. The molecule has 0 saturated carbocycles. The third-order valence-corrected chi connectivity index (χ3v) is 22.1. The summed E-state index contributed by atoms with van der Waals surface area (Å²) in [6, 6.07) is 117. The summed E-state index contributed by atoms with van der Waals surface area (Å²) in [4.78, 5) is 5.25. The molecule has 2 aliphatic rings. The lowest BCUT2D eigenvalue weighted by atomic mass is 9.34. The van der Waals surface area contributed by atoms with Gasteiger partial charge in [-0.1, -0.05) is 283 Å². The molecule has 14 aromatic carbocycles. The molecule has 0 N–H and O–H groups in total. The van der Waals surface area contributed by atoms with Gasteiger partial charge in [0.05, 0.1) is 38.8 Å². The van der Waals surface area contributed by atoms with E-state index in [9.17, 15) is 0 Å². The van der Waals surface area contributed by atoms with E-state index in [4.69, 9.17) is 0 Å². The van der Waals surface area contributed by atoms with Gasteiger partial charge < -0.3 is 18.6 Å². The van der Waals surface area contributed by atoms with Crippen LogP contribution in [-0.4, -0.2) is 20.4 Å². The van der Waals surface area contributed by atoms with Crippen LogP contribution >= 0.6 is 11.8 Å². The van der Waals surface area contributed by atoms with Crippen LogP contribution < -0.4 is 21.3 Å². The Morgan fingerprint density at radius 1 is 0.286 bits per heavy atom. The SMILES string of the molecule is CC(C)(C)c1ccc2c(c1)c1cc(C(C)(C)C)ccc1n2-c1cc2c3c(c1)N(c1c(-c4cccc5c6ccccc6n(-c6ccccc6)c45)cccc1-c1cccc4c5ccccc5n(-c5ccccc5)c14)c1cc(-c4ccccc4)ccc1B3c1ccc(-c3ccccc3)cc1S2. The molecule has 5 heterocycles. The van der Waals surface area contributed by atoms with Gasteiger partial charge in [0.1, 0.15) is 0 Å². The van der Waals surface area contributed by atoms with Crippen LogP contribution in [0.2, 0.25) is 0 Å². The van der Waals surface area contributed by atoms with Crippen molar-refractivity contribution >= 4 is 117 Å². The smallest absolute Gasteiger partial charge is 0.249 e. The average Bonchev–Trinajstić information content (AvgIpc) is 0.996. The molecule has 0 fully saturated rings. The molecular weight excluding hydrogens is 1200 g/mol. The van der Waals surface area contributed by atoms with Crippen LogP contribution in [-0.2, 0) is 10.8 Å². The van der Waals surface area contributed by atoms with E-state index in [2.05, 4.69) is 370 Å². The minimum atomic E-state index is -0.114. The third kappa shape index (κ3) is 9.00. The summed E-state index contributed by atoms with van der Waals surface area (Å²) < 4.78 is 7.61. The number of para-hydroxylation sites is 7. The third-order valence-electron chi connectivity index (χ3n) is 21.0. The first-order valence-electron chi connectivity index (χ1n) is 34.3. The zero-order valence-corrected chi connectivity index (χ0v) is 56.5. The Bertz CT molecular complexity index is 5860. The first-order valence-corrected chi connectivity index (χ1v) is 35.2. The van der Waals surface area contributed by atoms with Gasteiger partial charge in [-0.25, -0.2) is 0 Å². The second-order valence-corrected chi connectivity index (χ2v) is 29.9. The maximum Gasteiger partial charge on any atom is 0.249 e. The topological polar surface area (TPSA) is 18.0 Å². The standard InChI is InChI=1S/C92H69BN4S/c1-91(2,3)62-46-50-81-75(54-62)76-55-63(92(4,5)6)47-51-82(76)94(81)66-56-84-87-86(57-66)98-85-53-61(59-28-13-8-14-29-59)45-49-78(85)93(87)77-48-44-60(58-26-11-7-12-27-58)52-83(77)97(84)90-73(71-38-23-36-69-67-34-19-21-42-79(67)95(88(69)71)64-30-15-9-16-31-64)40-25-41-74(90)72-39-24-37-70-68-35-20-22-43-80(68)96(89(70)72)65-32-17-10-18-33-65/h7-57H,1-6H3. The van der Waals surface area contributed by atoms with Crippen molar-refractivity contribution in [1.82, 2.24) is 13.7 Å². The second-order valence-electron chi connectivity index (χ2n) is 28.8. The number of benzene rings is 14. The van der Waals surface area contributed by atoms with Crippen molar-refractivity contribution in [3.8, 4) is 61.6 Å². The fourth-order valence-corrected chi connectivity index (χ4v) is 17.6. The largest absolute Gasteiger partial charge is 0.310 e. The van der Waals surface area contributed by atoms with E-state index in [1.54, 1.807) is 0 Å². The molecule has 0 aliphatic carbocycles. The quantitative estimate of drug-likeness (QED) is 0.141. The van der Waals surface area contributed by atoms with Crippen LogP contribution in [0, 0.1) is 0 Å². The number of hydrogen-bond donors (Lipinski definition) is 0. The zero-order chi connectivity index (χ0) is 65.7. The van der Waals surface area contributed by atoms with Crippen LogP contribution in [0.4, 0.5) is 17.1 Å². The van der Waals surface area contributed by atoms with Gasteiger partial charge in [0.2, 0.25) is 6.71 Å². The van der Waals surface area contributed by atoms with Gasteiger partial charge in [-0.15, -0.1) is 0 Å². The summed E-state index contributed by atoms with van der Waals surface area (Å²) in [6.07, 6.45) is 0. The van der Waals surface area contributed by atoms with Gasteiger partial charge in [-0.3, -0.25) is 0 Å². The number of nitrogens with zero attached hydrogens (tertiary/aromatic N) is 4. The molecule has 466 valence electrons. The Labute approximate surface area is 576 Å². The van der Waals surface area contributed by atoms with E-state index >= 15 is 0 Å². The molecule has 19 rings (SSSR count). The zero-order valence-electron chi connectivity index (χ0n) is 55.7. The summed E-state index contributed by atoms with van der Waals surface area (Å²) in [6.45, 7) is 13.9. The number of anilines is 3. The number of fused-ring (bicyclic) bond motifs is 13. The van der Waals surface area contributed by atoms with Crippen LogP contribution in [0.15, 0.2) is 319 Å². The number of hydrogen-bond acceptors (Lipinski definition) is 2. The summed E-state index contributed by atoms with van der Waals surface area (Å²) in [7, 11) is 0. The lowest BCUT2D eigenvalue weighted by molar-refractivity contribution is 0.590. The highest BCUT2D eigenvalue weighted by Crippen LogP contribution is 2.54. The van der Waals surface area contributed by atoms with Crippen LogP contribution in [0.5, 0.6) is 0 Å². The second kappa shape index (κ2) is 22.1. The van der Waals surface area contributed by atoms with E-state index in [0.717, 1.165) is 84.0 Å². The summed E-state index contributed by atoms with van der Waals surface area (Å²) in [5.41, 5.74) is 29.4. The van der Waals surface area contributed by atoms with Crippen molar-refractivity contribution in [2.24, 2.45) is 0 Å². The molecule has 3 aromatic heterocycles. The molecule has 4 nitrogen and oxygen atoms in total. The molecule has 98 heavy (non-hydrogen) atoms. The Balaban J connectivity index is 0.994. The Hall–Kier alpha value is -11.3. The normalized spacial score (nSPS) is 12.9. The molecule has 0 saturated heterocycles. The first-order chi connectivity index (χ1) is 47.9. The van der Waals surface area contributed by atoms with Gasteiger partial charge in [0.15, 0.2) is 0 Å². The van der Waals surface area contributed by atoms with Crippen LogP contribution in [0.1, 0.15) is 52.7 Å². The molecule has 0 radical (unpaired) electrons. The molecule has 0 bridgehead atoms. The Kier molecular flexibility index (Phi) is 13.1. The minimum Gasteiger partial charge on any atom is -0.310 e. The van der Waals surface area contributed by atoms with Gasteiger partial charge >= 0.3 is 0 Å². The Morgan fingerprint density at radius 3 is 1.24 bits per heavy atom. The maximum atomic E-state index is 2.74. The maximum absolute atomic E-state index is 2.74. The van der Waals surface area contributed by atoms with Gasteiger partial charge in [0, 0.05) is 92.8 Å². The van der Waals surface area contributed by atoms with Crippen molar-refractivity contribution in [3.05, 3.63) is 321 Å². The summed E-state index contributed by atoms with van der Waals surface area (Å²) in [5, 5.41) is 7.36. The van der Waals surface area contributed by atoms with E-state index < -0.39 is 0 Å². The van der Waals surface area contributed by atoms with E-state index in [-0.39, 0.29) is 17.5 Å². The monoisotopic (exact) mass is 1270 g/mol. The highest BCUT2D eigenvalue weighted by Gasteiger charge is 2.43. The fraction of sp³-hybridized carbons (Fsp3) is 0.0870. The van der Waals surface area contributed by atoms with Gasteiger partial charge in [-0.2, -0.15) is 0 Å². The number of aromatic nitrogens is 3. The predicted molar refractivity (Wildman–Crippen MR) is 419 cm³/mol. The number of rotatable bonds is 8. The Morgan fingerprint density at radius 2 is 0.724 bits per heavy atom. The molecule has 2 aliphatic heterocycles. The van der Waals surface area contributed by atoms with E-state index in [1.807, 2.05) is 11.8 Å². The van der Waals surface area contributed by atoms with E-state index in [0.29, 0.717) is 0 Å². The summed E-state index contributed by atoms with van der Waals surface area (Å²) in [5.74, 6) is 0.